The molecule has 1 aromatic rings. The second-order valence-electron chi connectivity index (χ2n) is 5.50. The van der Waals surface area contributed by atoms with Crippen molar-refractivity contribution >= 4 is 5.91 Å². The summed E-state index contributed by atoms with van der Waals surface area (Å²) in [6, 6.07) is 6.00. The largest absolute Gasteiger partial charge is 0.354 e. The zero-order chi connectivity index (χ0) is 13.7. The highest BCUT2D eigenvalue weighted by Crippen LogP contribution is 2.25. The van der Waals surface area contributed by atoms with Gasteiger partial charge in [0.05, 0.1) is 6.42 Å². The van der Waals surface area contributed by atoms with Gasteiger partial charge in [0.15, 0.2) is 0 Å². The molecule has 0 radical (unpaired) electrons. The number of hydrogen-bond donors (Lipinski definition) is 2. The Morgan fingerprint density at radius 2 is 1.84 bits per heavy atom. The van der Waals surface area contributed by atoms with Crippen LogP contribution in [-0.4, -0.2) is 18.0 Å². The number of nitrogens with one attached hydrogen (secondary N) is 1. The summed E-state index contributed by atoms with van der Waals surface area (Å²) in [4.78, 5) is 11.8. The number of halogens is 1. The van der Waals surface area contributed by atoms with Crippen LogP contribution in [0.2, 0.25) is 0 Å². The molecule has 19 heavy (non-hydrogen) atoms. The van der Waals surface area contributed by atoms with Crippen LogP contribution in [-0.2, 0) is 11.2 Å². The second kappa shape index (κ2) is 6.15. The topological polar surface area (TPSA) is 55.1 Å². The number of carbonyl (C=O) groups excluding carboxylic acids is 1. The van der Waals surface area contributed by atoms with Gasteiger partial charge in [-0.05, 0) is 30.5 Å². The van der Waals surface area contributed by atoms with Crippen molar-refractivity contribution in [1.29, 1.82) is 0 Å². The zero-order valence-electron chi connectivity index (χ0n) is 11.1. The molecule has 0 atom stereocenters. The summed E-state index contributed by atoms with van der Waals surface area (Å²) in [6.45, 7) is 0.535. The molecule has 0 aliphatic heterocycles. The normalized spacial score (nSPS) is 18.0. The molecule has 0 saturated heterocycles. The van der Waals surface area contributed by atoms with E-state index in [9.17, 15) is 9.18 Å². The van der Waals surface area contributed by atoms with Gasteiger partial charge in [0.25, 0.3) is 0 Å². The molecular weight excluding hydrogens is 243 g/mol. The van der Waals surface area contributed by atoms with E-state index in [1.807, 2.05) is 0 Å². The fourth-order valence-electron chi connectivity index (χ4n) is 2.56. The van der Waals surface area contributed by atoms with E-state index in [0.29, 0.717) is 6.54 Å². The summed E-state index contributed by atoms with van der Waals surface area (Å²) in [5, 5.41) is 2.90. The van der Waals surface area contributed by atoms with Crippen LogP contribution in [0.25, 0.3) is 0 Å². The van der Waals surface area contributed by atoms with Crippen molar-refractivity contribution in [3.63, 3.8) is 0 Å². The molecule has 0 aromatic heterocycles. The molecule has 0 heterocycles. The highest BCUT2D eigenvalue weighted by atomic mass is 19.1. The Bertz CT molecular complexity index is 424. The van der Waals surface area contributed by atoms with Gasteiger partial charge in [-0.15, -0.1) is 0 Å². The van der Waals surface area contributed by atoms with Gasteiger partial charge in [-0.1, -0.05) is 31.4 Å². The Labute approximate surface area is 113 Å². The van der Waals surface area contributed by atoms with Crippen LogP contribution < -0.4 is 11.1 Å². The van der Waals surface area contributed by atoms with E-state index < -0.39 is 0 Å². The Morgan fingerprint density at radius 3 is 2.47 bits per heavy atom. The van der Waals surface area contributed by atoms with E-state index in [1.54, 1.807) is 12.1 Å². The molecular formula is C15H21FN2O. The smallest absolute Gasteiger partial charge is 0.224 e. The quantitative estimate of drug-likeness (QED) is 0.875. The Kier molecular flexibility index (Phi) is 4.53. The van der Waals surface area contributed by atoms with E-state index in [4.69, 9.17) is 5.73 Å². The minimum absolute atomic E-state index is 0.0537. The van der Waals surface area contributed by atoms with Gasteiger partial charge in [0, 0.05) is 12.1 Å². The first-order chi connectivity index (χ1) is 9.07. The maximum atomic E-state index is 12.7. The molecule has 1 aliphatic carbocycles. The van der Waals surface area contributed by atoms with Gasteiger partial charge in [-0.3, -0.25) is 4.79 Å². The van der Waals surface area contributed by atoms with Crippen LogP contribution in [0.15, 0.2) is 24.3 Å². The van der Waals surface area contributed by atoms with Crippen LogP contribution in [0, 0.1) is 5.82 Å². The lowest BCUT2D eigenvalue weighted by Gasteiger charge is -2.33. The summed E-state index contributed by atoms with van der Waals surface area (Å²) in [5.41, 5.74) is 6.83. The highest BCUT2D eigenvalue weighted by Gasteiger charge is 2.27. The molecule has 1 aromatic carbocycles. The predicted molar refractivity (Wildman–Crippen MR) is 73.1 cm³/mol. The van der Waals surface area contributed by atoms with E-state index in [0.717, 1.165) is 31.2 Å². The first-order valence-corrected chi connectivity index (χ1v) is 6.87. The first kappa shape index (κ1) is 14.0. The van der Waals surface area contributed by atoms with Gasteiger partial charge in [-0.25, -0.2) is 4.39 Å². The van der Waals surface area contributed by atoms with Crippen molar-refractivity contribution in [2.75, 3.05) is 6.54 Å². The average Bonchev–Trinajstić information content (AvgIpc) is 2.40. The number of nitrogens with two attached hydrogens (primary N) is 1. The lowest BCUT2D eigenvalue weighted by molar-refractivity contribution is -0.120. The number of hydrogen-bond acceptors (Lipinski definition) is 2. The van der Waals surface area contributed by atoms with Crippen LogP contribution in [0.1, 0.15) is 37.7 Å². The minimum atomic E-state index is -0.285. The molecule has 0 bridgehead atoms. The SMILES string of the molecule is NC1(CNC(=O)Cc2ccc(F)cc2)CCCCC1. The van der Waals surface area contributed by atoms with Crippen molar-refractivity contribution in [3.05, 3.63) is 35.6 Å². The standard InChI is InChI=1S/C15H21FN2O/c16-13-6-4-12(5-7-13)10-14(19)18-11-15(17)8-2-1-3-9-15/h4-7H,1-3,8-11,17H2,(H,18,19). The molecule has 104 valence electrons. The van der Waals surface area contributed by atoms with E-state index in [2.05, 4.69) is 5.32 Å². The minimum Gasteiger partial charge on any atom is -0.354 e. The lowest BCUT2D eigenvalue weighted by Crippen LogP contribution is -2.51. The maximum Gasteiger partial charge on any atom is 0.224 e. The van der Waals surface area contributed by atoms with Crippen molar-refractivity contribution < 1.29 is 9.18 Å². The van der Waals surface area contributed by atoms with Gasteiger partial charge in [-0.2, -0.15) is 0 Å². The summed E-state index contributed by atoms with van der Waals surface area (Å²) in [7, 11) is 0. The van der Waals surface area contributed by atoms with Crippen LogP contribution in [0.4, 0.5) is 4.39 Å². The number of carbonyl (C=O) groups is 1. The average molecular weight is 264 g/mol. The molecule has 0 unspecified atom stereocenters. The molecule has 3 nitrogen and oxygen atoms in total. The van der Waals surface area contributed by atoms with Crippen molar-refractivity contribution in [2.45, 2.75) is 44.1 Å². The van der Waals surface area contributed by atoms with Crippen LogP contribution in [0.3, 0.4) is 0 Å². The van der Waals surface area contributed by atoms with E-state index >= 15 is 0 Å². The summed E-state index contributed by atoms with van der Waals surface area (Å²) < 4.78 is 12.7. The fraction of sp³-hybridized carbons (Fsp3) is 0.533. The third-order valence-electron chi connectivity index (χ3n) is 3.76. The molecule has 2 rings (SSSR count). The van der Waals surface area contributed by atoms with Gasteiger partial charge >= 0.3 is 0 Å². The van der Waals surface area contributed by atoms with Crippen LogP contribution in [0.5, 0.6) is 0 Å². The third-order valence-corrected chi connectivity index (χ3v) is 3.76. The second-order valence-corrected chi connectivity index (χ2v) is 5.50. The van der Waals surface area contributed by atoms with Gasteiger partial charge in [0.2, 0.25) is 5.91 Å². The Morgan fingerprint density at radius 1 is 1.21 bits per heavy atom. The molecule has 0 spiro atoms. The maximum absolute atomic E-state index is 12.7. The summed E-state index contributed by atoms with van der Waals surface area (Å²) in [5.74, 6) is -0.339. The Hall–Kier alpha value is -1.42. The zero-order valence-corrected chi connectivity index (χ0v) is 11.1. The van der Waals surface area contributed by atoms with Gasteiger partial charge in [0.1, 0.15) is 5.82 Å². The molecule has 1 amide bonds. The highest BCUT2D eigenvalue weighted by molar-refractivity contribution is 5.78. The number of amides is 1. The molecule has 3 N–H and O–H groups in total. The number of benzene rings is 1. The van der Waals surface area contributed by atoms with Crippen LogP contribution >= 0.6 is 0 Å². The summed E-state index contributed by atoms with van der Waals surface area (Å²) >= 11 is 0. The van der Waals surface area contributed by atoms with E-state index in [-0.39, 0.29) is 23.7 Å². The molecule has 4 heteroatoms. The third kappa shape index (κ3) is 4.31. The van der Waals surface area contributed by atoms with E-state index in [1.165, 1.54) is 18.6 Å². The van der Waals surface area contributed by atoms with Crippen molar-refractivity contribution in [2.24, 2.45) is 5.73 Å². The Balaban J connectivity index is 1.79. The monoisotopic (exact) mass is 264 g/mol. The number of rotatable bonds is 4. The molecule has 1 saturated carbocycles. The first-order valence-electron chi connectivity index (χ1n) is 6.87. The van der Waals surface area contributed by atoms with Crippen molar-refractivity contribution in [3.8, 4) is 0 Å². The fourth-order valence-corrected chi connectivity index (χ4v) is 2.56. The molecule has 1 fully saturated rings. The summed E-state index contributed by atoms with van der Waals surface area (Å²) in [6.07, 6.45) is 5.75. The molecule has 1 aliphatic rings. The lowest BCUT2D eigenvalue weighted by atomic mass is 9.82. The van der Waals surface area contributed by atoms with Gasteiger partial charge < -0.3 is 11.1 Å². The van der Waals surface area contributed by atoms with Crippen molar-refractivity contribution in [1.82, 2.24) is 5.32 Å². The predicted octanol–water partition coefficient (Wildman–Crippen LogP) is 2.15.